The first kappa shape index (κ1) is 15.7. The molecule has 0 bridgehead atoms. The summed E-state index contributed by atoms with van der Waals surface area (Å²) in [4.78, 5) is 31.0. The lowest BCUT2D eigenvalue weighted by Gasteiger charge is -2.29. The van der Waals surface area contributed by atoms with E-state index >= 15 is 0 Å². The number of aromatic nitrogens is 3. The van der Waals surface area contributed by atoms with Crippen molar-refractivity contribution >= 4 is 23.7 Å². The number of amides is 2. The summed E-state index contributed by atoms with van der Waals surface area (Å²) in [6.45, 7) is 2.08. The highest BCUT2D eigenvalue weighted by Gasteiger charge is 2.40. The van der Waals surface area contributed by atoms with Crippen molar-refractivity contribution < 1.29 is 9.59 Å². The second-order valence-corrected chi connectivity index (χ2v) is 6.88. The van der Waals surface area contributed by atoms with Crippen LogP contribution in [0.2, 0.25) is 0 Å². The van der Waals surface area contributed by atoms with Crippen molar-refractivity contribution in [1.82, 2.24) is 14.8 Å². The lowest BCUT2D eigenvalue weighted by Crippen LogP contribution is -2.31. The smallest absolute Gasteiger partial charge is 0.268 e. The van der Waals surface area contributed by atoms with Gasteiger partial charge in [0.15, 0.2) is 0 Å². The van der Waals surface area contributed by atoms with Gasteiger partial charge in [-0.25, -0.2) is 9.58 Å². The number of carbonyl (C=O) groups excluding carboxylic acids is 2. The highest BCUT2D eigenvalue weighted by Crippen LogP contribution is 2.34. The van der Waals surface area contributed by atoms with Crippen molar-refractivity contribution in [3.05, 3.63) is 71.3 Å². The van der Waals surface area contributed by atoms with E-state index in [4.69, 9.17) is 0 Å². The zero-order valence-corrected chi connectivity index (χ0v) is 14.7. The van der Waals surface area contributed by atoms with Crippen LogP contribution in [-0.4, -0.2) is 32.6 Å². The van der Waals surface area contributed by atoms with Gasteiger partial charge < -0.3 is 5.32 Å². The monoisotopic (exact) mass is 359 g/mol. The zero-order chi connectivity index (χ0) is 18.5. The van der Waals surface area contributed by atoms with Crippen LogP contribution in [0.1, 0.15) is 45.7 Å². The molecule has 0 saturated heterocycles. The van der Waals surface area contributed by atoms with Gasteiger partial charge in [-0.1, -0.05) is 42.5 Å². The van der Waals surface area contributed by atoms with Crippen molar-refractivity contribution in [1.29, 1.82) is 0 Å². The maximum absolute atomic E-state index is 12.7. The van der Waals surface area contributed by atoms with E-state index < -0.39 is 0 Å². The molecule has 3 aromatic rings. The summed E-state index contributed by atoms with van der Waals surface area (Å²) in [5.41, 5.74) is 1.89. The van der Waals surface area contributed by atoms with E-state index in [9.17, 15) is 9.59 Å². The maximum atomic E-state index is 12.7. The number of imide groups is 1. The summed E-state index contributed by atoms with van der Waals surface area (Å²) < 4.78 is 1.77. The molecular weight excluding hydrogens is 342 g/mol. The Morgan fingerprint density at radius 2 is 1.59 bits per heavy atom. The lowest BCUT2D eigenvalue weighted by molar-refractivity contribution is 0.0923. The lowest BCUT2D eigenvalue weighted by atomic mass is 9.99. The first-order chi connectivity index (χ1) is 13.1. The Hall–Kier alpha value is -3.48. The molecule has 0 fully saturated rings. The number of nitrogens with zero attached hydrogens (tertiary/aromatic N) is 4. The van der Waals surface area contributed by atoms with Crippen LogP contribution >= 0.6 is 0 Å². The molecule has 0 aliphatic carbocycles. The number of rotatable bonds is 2. The molecule has 1 aromatic heterocycles. The second kappa shape index (κ2) is 5.77. The number of hydrogen-bond acceptors (Lipinski definition) is 5. The SMILES string of the molecule is C[C@@H]1C[C@H](c2ccccc2)n2nc(N3C(=O)c4ccccc4C3=O)nc2N1. The predicted molar refractivity (Wildman–Crippen MR) is 99.9 cm³/mol. The molecule has 27 heavy (non-hydrogen) atoms. The first-order valence-electron chi connectivity index (χ1n) is 8.89. The van der Waals surface area contributed by atoms with E-state index in [2.05, 4.69) is 34.5 Å². The van der Waals surface area contributed by atoms with Gasteiger partial charge in [0.05, 0.1) is 17.2 Å². The summed E-state index contributed by atoms with van der Waals surface area (Å²) in [7, 11) is 0. The largest absolute Gasteiger partial charge is 0.352 e. The van der Waals surface area contributed by atoms with Gasteiger partial charge in [0.1, 0.15) is 0 Å². The van der Waals surface area contributed by atoms with Gasteiger partial charge in [-0.05, 0) is 31.0 Å². The minimum Gasteiger partial charge on any atom is -0.352 e. The van der Waals surface area contributed by atoms with Crippen molar-refractivity contribution in [2.24, 2.45) is 0 Å². The molecule has 2 aromatic carbocycles. The molecule has 2 amide bonds. The number of anilines is 2. The Morgan fingerprint density at radius 3 is 2.26 bits per heavy atom. The zero-order valence-electron chi connectivity index (χ0n) is 14.7. The van der Waals surface area contributed by atoms with Crippen LogP contribution in [0.4, 0.5) is 11.9 Å². The second-order valence-electron chi connectivity index (χ2n) is 6.88. The van der Waals surface area contributed by atoms with Crippen LogP contribution in [0.3, 0.4) is 0 Å². The third kappa shape index (κ3) is 2.35. The van der Waals surface area contributed by atoms with Gasteiger partial charge in [0, 0.05) is 6.04 Å². The third-order valence-corrected chi connectivity index (χ3v) is 5.05. The molecule has 134 valence electrons. The van der Waals surface area contributed by atoms with Crippen molar-refractivity contribution in [2.45, 2.75) is 25.4 Å². The van der Waals surface area contributed by atoms with E-state index in [0.29, 0.717) is 17.1 Å². The normalized spacial score (nSPS) is 21.0. The molecular formula is C20H17N5O2. The number of benzene rings is 2. The topological polar surface area (TPSA) is 80.1 Å². The van der Waals surface area contributed by atoms with Gasteiger partial charge in [-0.3, -0.25) is 9.59 Å². The summed E-state index contributed by atoms with van der Waals surface area (Å²) in [6, 6.07) is 17.0. The molecule has 7 heteroatoms. The van der Waals surface area contributed by atoms with Crippen LogP contribution in [0.15, 0.2) is 54.6 Å². The van der Waals surface area contributed by atoms with Gasteiger partial charge in [0.2, 0.25) is 5.95 Å². The summed E-state index contributed by atoms with van der Waals surface area (Å²) >= 11 is 0. The molecule has 1 N–H and O–H groups in total. The van der Waals surface area contributed by atoms with E-state index in [1.54, 1.807) is 28.9 Å². The Morgan fingerprint density at radius 1 is 0.963 bits per heavy atom. The minimum atomic E-state index is -0.386. The summed E-state index contributed by atoms with van der Waals surface area (Å²) in [5.74, 6) is -0.0985. The quantitative estimate of drug-likeness (QED) is 0.712. The molecule has 5 rings (SSSR count). The van der Waals surface area contributed by atoms with Crippen LogP contribution in [0.25, 0.3) is 0 Å². The fourth-order valence-electron chi connectivity index (χ4n) is 3.76. The average molecular weight is 359 g/mol. The average Bonchev–Trinajstić information content (AvgIpc) is 3.21. The molecule has 2 atom stereocenters. The van der Waals surface area contributed by atoms with Crippen LogP contribution < -0.4 is 10.2 Å². The van der Waals surface area contributed by atoms with Crippen LogP contribution in [0, 0.1) is 0 Å². The van der Waals surface area contributed by atoms with Gasteiger partial charge in [-0.15, -0.1) is 5.10 Å². The van der Waals surface area contributed by atoms with Crippen molar-refractivity contribution in [3.8, 4) is 0 Å². The van der Waals surface area contributed by atoms with E-state index in [1.807, 2.05) is 18.2 Å². The fraction of sp³-hybridized carbons (Fsp3) is 0.200. The Bertz CT molecular complexity index is 1020. The maximum Gasteiger partial charge on any atom is 0.268 e. The highest BCUT2D eigenvalue weighted by molar-refractivity contribution is 6.33. The summed E-state index contributed by atoms with van der Waals surface area (Å²) in [6.07, 6.45) is 0.835. The molecule has 0 spiro atoms. The van der Waals surface area contributed by atoms with Crippen molar-refractivity contribution in [3.63, 3.8) is 0 Å². The number of hydrogen-bond donors (Lipinski definition) is 1. The molecule has 0 radical (unpaired) electrons. The van der Waals surface area contributed by atoms with Crippen LogP contribution in [0.5, 0.6) is 0 Å². The van der Waals surface area contributed by atoms with Gasteiger partial charge in [-0.2, -0.15) is 4.98 Å². The number of nitrogens with one attached hydrogen (secondary N) is 1. The first-order valence-corrected chi connectivity index (χ1v) is 8.89. The fourth-order valence-corrected chi connectivity index (χ4v) is 3.76. The van der Waals surface area contributed by atoms with Crippen LogP contribution in [-0.2, 0) is 0 Å². The molecule has 0 saturated carbocycles. The highest BCUT2D eigenvalue weighted by atomic mass is 16.2. The Labute approximate surface area is 155 Å². The van der Waals surface area contributed by atoms with Crippen molar-refractivity contribution in [2.75, 3.05) is 10.2 Å². The molecule has 2 aliphatic rings. The summed E-state index contributed by atoms with van der Waals surface area (Å²) in [5, 5.41) is 7.83. The molecule has 7 nitrogen and oxygen atoms in total. The van der Waals surface area contributed by atoms with Gasteiger partial charge >= 0.3 is 0 Å². The predicted octanol–water partition coefficient (Wildman–Crippen LogP) is 2.87. The van der Waals surface area contributed by atoms with Gasteiger partial charge in [0.25, 0.3) is 17.8 Å². The molecule has 2 aliphatic heterocycles. The Kier molecular flexibility index (Phi) is 3.36. The van der Waals surface area contributed by atoms with E-state index in [0.717, 1.165) is 16.9 Å². The van der Waals surface area contributed by atoms with E-state index in [1.165, 1.54) is 0 Å². The van der Waals surface area contributed by atoms with E-state index in [-0.39, 0.29) is 29.8 Å². The Balaban J connectivity index is 1.58. The molecule has 3 heterocycles. The molecule has 0 unspecified atom stereocenters. The standard InChI is InChI=1S/C20H17N5O2/c1-12-11-16(13-7-3-2-4-8-13)25-19(21-12)22-20(23-25)24-17(26)14-9-5-6-10-15(14)18(24)27/h2-10,12,16H,11H2,1H3,(H,21,22,23)/t12-,16-/m1/s1. The third-order valence-electron chi connectivity index (χ3n) is 5.05. The number of carbonyl (C=O) groups is 2. The minimum absolute atomic E-state index is 0.00566. The number of fused-ring (bicyclic) bond motifs is 2.